The topological polar surface area (TPSA) is 54.5 Å². The van der Waals surface area contributed by atoms with Crippen molar-refractivity contribution in [1.29, 1.82) is 0 Å². The molecule has 0 atom stereocenters. The maximum absolute atomic E-state index is 11.2. The molecule has 0 saturated carbocycles. The van der Waals surface area contributed by atoms with Gasteiger partial charge in [-0.05, 0) is 6.26 Å². The van der Waals surface area contributed by atoms with E-state index in [1.54, 1.807) is 6.26 Å². The van der Waals surface area contributed by atoms with E-state index >= 15 is 0 Å². The van der Waals surface area contributed by atoms with E-state index in [0.29, 0.717) is 11.2 Å². The van der Waals surface area contributed by atoms with Crippen molar-refractivity contribution < 1.29 is 14.4 Å². The maximum Gasteiger partial charge on any atom is 0.267 e. The zero-order valence-electron chi connectivity index (χ0n) is 6.44. The van der Waals surface area contributed by atoms with Gasteiger partial charge in [0.15, 0.2) is 0 Å². The van der Waals surface area contributed by atoms with Crippen LogP contribution in [0.2, 0.25) is 0 Å². The molecule has 0 aromatic carbocycles. The molecule has 1 rings (SSSR count). The molecule has 0 unspecified atom stereocenters. The summed E-state index contributed by atoms with van der Waals surface area (Å²) >= 11 is 1.21. The molecule has 0 radical (unpaired) electrons. The highest BCUT2D eigenvalue weighted by molar-refractivity contribution is 8.03. The third-order valence-corrected chi connectivity index (χ3v) is 2.19. The average Bonchev–Trinajstić information content (AvgIpc) is 2.32. The van der Waals surface area contributed by atoms with E-state index in [0.717, 1.165) is 4.90 Å². The SMILES string of the molecule is CSC1=CC(=O)N(CC=O)C1=O. The number of imide groups is 1. The van der Waals surface area contributed by atoms with E-state index in [4.69, 9.17) is 0 Å². The van der Waals surface area contributed by atoms with Crippen molar-refractivity contribution in [2.75, 3.05) is 12.8 Å². The summed E-state index contributed by atoms with van der Waals surface area (Å²) in [6, 6.07) is 0. The molecule has 2 amide bonds. The number of hydrogen-bond donors (Lipinski definition) is 0. The third kappa shape index (κ3) is 1.40. The molecule has 0 spiro atoms. The fraction of sp³-hybridized carbons (Fsp3) is 0.286. The van der Waals surface area contributed by atoms with Gasteiger partial charge in [-0.25, -0.2) is 0 Å². The molecule has 64 valence electrons. The van der Waals surface area contributed by atoms with Crippen molar-refractivity contribution in [3.8, 4) is 0 Å². The Morgan fingerprint density at radius 2 is 2.25 bits per heavy atom. The second kappa shape index (κ2) is 3.53. The van der Waals surface area contributed by atoms with Gasteiger partial charge in [-0.1, -0.05) is 0 Å². The third-order valence-electron chi connectivity index (χ3n) is 1.45. The average molecular weight is 185 g/mol. The number of hydrogen-bond acceptors (Lipinski definition) is 4. The molecular weight excluding hydrogens is 178 g/mol. The van der Waals surface area contributed by atoms with Gasteiger partial charge in [-0.2, -0.15) is 0 Å². The van der Waals surface area contributed by atoms with E-state index in [2.05, 4.69) is 0 Å². The minimum absolute atomic E-state index is 0.155. The van der Waals surface area contributed by atoms with Crippen LogP contribution in [0.1, 0.15) is 0 Å². The van der Waals surface area contributed by atoms with Gasteiger partial charge < -0.3 is 4.79 Å². The molecule has 4 nitrogen and oxygen atoms in total. The highest BCUT2D eigenvalue weighted by Gasteiger charge is 2.29. The van der Waals surface area contributed by atoms with Crippen LogP contribution in [0.15, 0.2) is 11.0 Å². The Morgan fingerprint density at radius 3 is 2.67 bits per heavy atom. The Kier molecular flexibility index (Phi) is 2.65. The first-order chi connectivity index (χ1) is 5.70. The lowest BCUT2D eigenvalue weighted by molar-refractivity contribution is -0.138. The zero-order valence-corrected chi connectivity index (χ0v) is 7.26. The first-order valence-electron chi connectivity index (χ1n) is 3.26. The van der Waals surface area contributed by atoms with Crippen LogP contribution in [0.4, 0.5) is 0 Å². The normalized spacial score (nSPS) is 16.8. The van der Waals surface area contributed by atoms with Crippen molar-refractivity contribution in [3.63, 3.8) is 0 Å². The van der Waals surface area contributed by atoms with Gasteiger partial charge in [0.05, 0.1) is 11.4 Å². The number of carbonyl (C=O) groups excluding carboxylic acids is 3. The smallest absolute Gasteiger partial charge is 0.267 e. The lowest BCUT2D eigenvalue weighted by Crippen LogP contribution is -2.32. The van der Waals surface area contributed by atoms with Crippen molar-refractivity contribution in [1.82, 2.24) is 4.90 Å². The molecule has 0 aliphatic carbocycles. The van der Waals surface area contributed by atoms with Gasteiger partial charge in [-0.3, -0.25) is 14.5 Å². The minimum Gasteiger partial charge on any atom is -0.301 e. The molecule has 5 heteroatoms. The monoisotopic (exact) mass is 185 g/mol. The summed E-state index contributed by atoms with van der Waals surface area (Å²) < 4.78 is 0. The van der Waals surface area contributed by atoms with Crippen molar-refractivity contribution >= 4 is 29.9 Å². The lowest BCUT2D eigenvalue weighted by atomic mass is 10.5. The molecule has 0 saturated heterocycles. The highest BCUT2D eigenvalue weighted by atomic mass is 32.2. The predicted octanol–water partition coefficient (Wildman–Crippen LogP) is -0.199. The minimum atomic E-state index is -0.406. The molecule has 0 aromatic heterocycles. The summed E-state index contributed by atoms with van der Waals surface area (Å²) in [5.41, 5.74) is 0. The van der Waals surface area contributed by atoms with E-state index in [1.165, 1.54) is 17.8 Å². The number of thioether (sulfide) groups is 1. The maximum atomic E-state index is 11.2. The van der Waals surface area contributed by atoms with Gasteiger partial charge in [-0.15, -0.1) is 11.8 Å². The summed E-state index contributed by atoms with van der Waals surface area (Å²) in [4.78, 5) is 33.6. The molecule has 1 heterocycles. The summed E-state index contributed by atoms with van der Waals surface area (Å²) in [6.07, 6.45) is 3.49. The Balaban J connectivity index is 2.80. The molecule has 0 aromatic rings. The van der Waals surface area contributed by atoms with Crippen molar-refractivity contribution in [2.45, 2.75) is 0 Å². The van der Waals surface area contributed by atoms with Gasteiger partial charge in [0.2, 0.25) is 0 Å². The van der Waals surface area contributed by atoms with Gasteiger partial charge >= 0.3 is 0 Å². The summed E-state index contributed by atoms with van der Waals surface area (Å²) in [6.45, 7) is -0.155. The second-order valence-corrected chi connectivity index (χ2v) is 2.98. The van der Waals surface area contributed by atoms with Crippen LogP contribution in [0.25, 0.3) is 0 Å². The van der Waals surface area contributed by atoms with Gasteiger partial charge in [0.25, 0.3) is 11.8 Å². The van der Waals surface area contributed by atoms with Crippen LogP contribution in [-0.2, 0) is 14.4 Å². The summed E-state index contributed by atoms with van der Waals surface area (Å²) in [7, 11) is 0. The van der Waals surface area contributed by atoms with Crippen LogP contribution in [0, 0.1) is 0 Å². The fourth-order valence-electron chi connectivity index (χ4n) is 0.879. The van der Waals surface area contributed by atoms with E-state index in [9.17, 15) is 14.4 Å². The van der Waals surface area contributed by atoms with Gasteiger partial charge in [0.1, 0.15) is 6.29 Å². The Hall–Kier alpha value is -1.10. The highest BCUT2D eigenvalue weighted by Crippen LogP contribution is 2.20. The predicted molar refractivity (Wildman–Crippen MR) is 44.4 cm³/mol. The molecular formula is C7H7NO3S. The standard InChI is InChI=1S/C7H7NO3S/c1-12-5-4-6(10)8(2-3-9)7(5)11/h3-4H,2H2,1H3. The second-order valence-electron chi connectivity index (χ2n) is 2.13. The van der Waals surface area contributed by atoms with Crippen molar-refractivity contribution in [3.05, 3.63) is 11.0 Å². The van der Waals surface area contributed by atoms with Crippen LogP contribution < -0.4 is 0 Å². The first-order valence-corrected chi connectivity index (χ1v) is 4.48. The van der Waals surface area contributed by atoms with Crippen LogP contribution in [0.5, 0.6) is 0 Å². The Labute approximate surface area is 73.6 Å². The summed E-state index contributed by atoms with van der Waals surface area (Å²) in [5, 5.41) is 0. The first kappa shape index (κ1) is 8.99. The number of carbonyl (C=O) groups is 3. The largest absolute Gasteiger partial charge is 0.301 e. The number of rotatable bonds is 3. The summed E-state index contributed by atoms with van der Waals surface area (Å²) in [5.74, 6) is -0.781. The molecule has 0 N–H and O–H groups in total. The molecule has 1 aliphatic heterocycles. The Bertz CT molecular complexity index is 272. The van der Waals surface area contributed by atoms with Gasteiger partial charge in [0, 0.05) is 6.08 Å². The van der Waals surface area contributed by atoms with Crippen LogP contribution in [-0.4, -0.2) is 35.8 Å². The van der Waals surface area contributed by atoms with Crippen LogP contribution >= 0.6 is 11.8 Å². The lowest BCUT2D eigenvalue weighted by Gasteiger charge is -2.08. The molecule has 12 heavy (non-hydrogen) atoms. The van der Waals surface area contributed by atoms with E-state index < -0.39 is 5.91 Å². The fourth-order valence-corrected chi connectivity index (χ4v) is 1.38. The number of nitrogens with zero attached hydrogens (tertiary/aromatic N) is 1. The molecule has 1 aliphatic rings. The number of aldehydes is 1. The zero-order chi connectivity index (χ0) is 9.14. The molecule has 0 fully saturated rings. The van der Waals surface area contributed by atoms with Crippen molar-refractivity contribution in [2.24, 2.45) is 0 Å². The number of amides is 2. The van der Waals surface area contributed by atoms with E-state index in [-0.39, 0.29) is 12.5 Å². The quantitative estimate of drug-likeness (QED) is 0.451. The van der Waals surface area contributed by atoms with E-state index in [1.807, 2.05) is 0 Å². The van der Waals surface area contributed by atoms with Crippen LogP contribution in [0.3, 0.4) is 0 Å². The molecule has 0 bridgehead atoms. The Morgan fingerprint density at radius 1 is 1.58 bits per heavy atom.